The minimum atomic E-state index is -1.53. The van der Waals surface area contributed by atoms with Gasteiger partial charge in [-0.25, -0.2) is 24.9 Å². The van der Waals surface area contributed by atoms with Crippen LogP contribution in [0.5, 0.6) is 0 Å². The van der Waals surface area contributed by atoms with Gasteiger partial charge in [-0.05, 0) is 116 Å². The Hall–Kier alpha value is -4.47. The summed E-state index contributed by atoms with van der Waals surface area (Å²) in [5.41, 5.74) is 4.77. The maximum Gasteiger partial charge on any atom is 0.342 e. The van der Waals surface area contributed by atoms with E-state index in [1.807, 2.05) is 0 Å². The highest BCUT2D eigenvalue weighted by Gasteiger charge is 2.18. The van der Waals surface area contributed by atoms with Crippen molar-refractivity contribution in [3.63, 3.8) is 0 Å². The number of aromatic carboxylic acids is 1. The van der Waals surface area contributed by atoms with Crippen molar-refractivity contribution in [3.05, 3.63) is 98.2 Å². The molecular weight excluding hydrogens is 1310 g/mol. The second-order valence-electron chi connectivity index (χ2n) is 12.3. The number of amides is 1. The number of aromatic amines is 1. The van der Waals surface area contributed by atoms with Crippen molar-refractivity contribution in [3.8, 4) is 0 Å². The van der Waals surface area contributed by atoms with E-state index in [1.54, 1.807) is 110 Å². The number of hydrogen-bond donors (Lipinski definition) is 4. The third-order valence-electron chi connectivity index (χ3n) is 7.10. The van der Waals surface area contributed by atoms with Crippen LogP contribution in [0.15, 0.2) is 64.8 Å². The van der Waals surface area contributed by atoms with Crippen molar-refractivity contribution >= 4 is 126 Å². The number of aldehydes is 1. The topological polar surface area (TPSA) is 288 Å². The molecule has 31 heteroatoms. The Morgan fingerprint density at radius 2 is 1.14 bits per heavy atom. The fraction of sp³-hybridized carbons (Fsp3) is 0.395. The summed E-state index contributed by atoms with van der Waals surface area (Å²) in [6.45, 7) is 2.73. The molecule has 6 rings (SSSR count). The lowest BCUT2D eigenvalue weighted by atomic mass is 10.3. The molecule has 0 aliphatic rings. The Bertz CT molecular complexity index is 2600. The van der Waals surface area contributed by atoms with E-state index in [-0.39, 0.29) is 23.4 Å². The normalized spacial score (nSPS) is 10.6. The maximum atomic E-state index is 11.5. The highest BCUT2D eigenvalue weighted by Crippen LogP contribution is 2.17. The van der Waals surface area contributed by atoms with Gasteiger partial charge in [0.05, 0.1) is 44.8 Å². The summed E-state index contributed by atoms with van der Waals surface area (Å²) in [6, 6.07) is 0. The van der Waals surface area contributed by atoms with Crippen molar-refractivity contribution < 1.29 is 52.3 Å². The van der Waals surface area contributed by atoms with Gasteiger partial charge in [-0.1, -0.05) is 0 Å². The Morgan fingerprint density at radius 1 is 0.725 bits per heavy atom. The van der Waals surface area contributed by atoms with Crippen LogP contribution in [0.4, 0.5) is 0 Å². The summed E-state index contributed by atoms with van der Waals surface area (Å²) in [6.07, 6.45) is 8.51. The first-order chi connectivity index (χ1) is 33.6. The van der Waals surface area contributed by atoms with Crippen LogP contribution in [0.2, 0.25) is 0 Å². The lowest BCUT2D eigenvalue weighted by Gasteiger charge is -2.11. The van der Waals surface area contributed by atoms with E-state index in [4.69, 9.17) is 23.5 Å². The molecule has 0 radical (unpaired) electrons. The number of nitrogens with one attached hydrogen (secondary N) is 3. The van der Waals surface area contributed by atoms with Crippen LogP contribution in [-0.4, -0.2) is 148 Å². The van der Waals surface area contributed by atoms with Crippen molar-refractivity contribution in [1.29, 1.82) is 0 Å². The summed E-state index contributed by atoms with van der Waals surface area (Å²) in [5, 5.41) is 37.9. The van der Waals surface area contributed by atoms with E-state index in [2.05, 4.69) is 147 Å². The van der Waals surface area contributed by atoms with Gasteiger partial charge in [0, 0.05) is 95.1 Å². The standard InChI is InChI=1S/C7H10BrN3O2.C7H9BrN2O2.C6H10BrN3.C6H7BrN2O2.C5H5BrN2O2.C5H5BrN2O.C2H7NO/c1-10-4-5(6(8)9-10)7(12)11(2)13-3;1-3-12-7(11)5-4-10(2)9-6(5)8;1-8-3-5-4-10(2)9-6(5)7;1-2-11-6(10)4-3-8-9-5(4)7;1-8-2-3(5(9)10)4(6)7-8;1-8-2-4(3-9)5(6)7-8;1-3-4-2/h4H,1-3H3;4H,3H2,1-2H3;4,8H,3H2,1-2H3;3H,2H2,1H3,(H,8,9);2H,1H3,(H,9,10);2-3H,1H3;3H,1-2H3/i;;3D2;;;3D;. The van der Waals surface area contributed by atoms with Crippen LogP contribution < -0.4 is 10.8 Å². The van der Waals surface area contributed by atoms with Crippen molar-refractivity contribution in [2.75, 3.05) is 48.6 Å². The number of ether oxygens (including phenoxy) is 2. The average molecular weight is 1360 g/mol. The first-order valence-corrected chi connectivity index (χ1v) is 23.8. The van der Waals surface area contributed by atoms with Gasteiger partial charge < -0.3 is 24.7 Å². The van der Waals surface area contributed by atoms with E-state index in [1.165, 1.54) is 35.1 Å². The van der Waals surface area contributed by atoms with Crippen LogP contribution in [0, 0.1) is 0 Å². The highest BCUT2D eigenvalue weighted by atomic mass is 79.9. The predicted molar refractivity (Wildman–Crippen MR) is 273 cm³/mol. The molecule has 0 bridgehead atoms. The number of rotatable bonds is 11. The van der Waals surface area contributed by atoms with E-state index in [9.17, 15) is 24.0 Å². The number of esters is 2. The predicted octanol–water partition coefficient (Wildman–Crippen LogP) is 6.07. The van der Waals surface area contributed by atoms with Crippen LogP contribution in [0.25, 0.3) is 0 Å². The van der Waals surface area contributed by atoms with Gasteiger partial charge in [0.25, 0.3) is 5.91 Å². The fourth-order valence-electron chi connectivity index (χ4n) is 4.10. The lowest BCUT2D eigenvalue weighted by Crippen LogP contribution is -2.25. The molecule has 6 aromatic rings. The Morgan fingerprint density at radius 3 is 1.43 bits per heavy atom. The molecule has 0 saturated carbocycles. The number of hydroxylamine groups is 3. The highest BCUT2D eigenvalue weighted by molar-refractivity contribution is 9.11. The average Bonchev–Trinajstić information content (AvgIpc) is 4.18. The quantitative estimate of drug-likeness (QED) is 0.0650. The smallest absolute Gasteiger partial charge is 0.342 e. The van der Waals surface area contributed by atoms with Gasteiger partial charge >= 0.3 is 17.9 Å². The van der Waals surface area contributed by atoms with E-state index in [0.29, 0.717) is 68.7 Å². The first-order valence-electron chi connectivity index (χ1n) is 20.5. The molecular formula is C38H53Br6N15O10. The van der Waals surface area contributed by atoms with Gasteiger partial charge in [0.1, 0.15) is 45.7 Å². The lowest BCUT2D eigenvalue weighted by molar-refractivity contribution is -0.0757. The number of carbonyl (C=O) groups excluding carboxylic acids is 4. The molecule has 1 amide bonds. The maximum absolute atomic E-state index is 11.5. The van der Waals surface area contributed by atoms with Gasteiger partial charge in [0.15, 0.2) is 6.26 Å². The molecule has 382 valence electrons. The van der Waals surface area contributed by atoms with Crippen LogP contribution in [0.1, 0.15) is 75.3 Å². The van der Waals surface area contributed by atoms with Crippen LogP contribution in [-0.2, 0) is 60.9 Å². The van der Waals surface area contributed by atoms with E-state index < -0.39 is 18.7 Å². The zero-order chi connectivity index (χ0) is 55.6. The molecule has 0 saturated heterocycles. The number of hydrogen-bond acceptors (Lipinski definition) is 17. The van der Waals surface area contributed by atoms with E-state index >= 15 is 0 Å². The Kier molecular flexibility index (Phi) is 29.6. The number of aromatic nitrogens is 12. The number of carbonyl (C=O) groups is 5. The molecule has 25 nitrogen and oxygen atoms in total. The molecule has 0 atom stereocenters. The molecule has 4 N–H and O–H groups in total. The van der Waals surface area contributed by atoms with E-state index in [0.717, 1.165) is 5.06 Å². The summed E-state index contributed by atoms with van der Waals surface area (Å²) in [5.74, 6) is -1.92. The number of nitrogens with zero attached hydrogens (tertiary/aromatic N) is 12. The number of aryl methyl sites for hydroxylation is 5. The number of halogens is 6. The summed E-state index contributed by atoms with van der Waals surface area (Å²) in [4.78, 5) is 63.6. The molecule has 0 spiro atoms. The Balaban J connectivity index is 0.000000829. The SMILES string of the molecule is CCOC(=O)c1cn(C)nc1Br.CCOC(=O)c1cn[nH]c1Br.CNOC.CON(C)C(=O)c1cn(C)nc1Br.Cn1cc(C(=O)O)c(Br)n1.[2H]C(=O)c1cn(C)nc1Br.[2H]C([2H])(NC)c1cn(C)nc1Br. The molecule has 6 aromatic heterocycles. The van der Waals surface area contributed by atoms with Crippen molar-refractivity contribution in [1.82, 2.24) is 75.0 Å². The van der Waals surface area contributed by atoms with Gasteiger partial charge in [-0.2, -0.15) is 30.6 Å². The molecule has 6 heterocycles. The fourth-order valence-corrected chi connectivity index (χ4v) is 6.91. The minimum Gasteiger partial charge on any atom is -0.478 e. The molecule has 69 heavy (non-hydrogen) atoms. The van der Waals surface area contributed by atoms with Crippen LogP contribution in [0.3, 0.4) is 0 Å². The van der Waals surface area contributed by atoms with Crippen molar-refractivity contribution in [2.24, 2.45) is 35.2 Å². The molecule has 0 aliphatic heterocycles. The van der Waals surface area contributed by atoms with Crippen LogP contribution >= 0.6 is 95.6 Å². The van der Waals surface area contributed by atoms with Gasteiger partial charge in [-0.15, -0.1) is 0 Å². The zero-order valence-electron chi connectivity index (χ0n) is 42.1. The minimum absolute atomic E-state index is 0.183. The second kappa shape index (κ2) is 34.8. The number of H-pyrrole nitrogens is 1. The largest absolute Gasteiger partial charge is 0.478 e. The van der Waals surface area contributed by atoms with Crippen molar-refractivity contribution in [2.45, 2.75) is 20.3 Å². The monoisotopic (exact) mass is 1360 g/mol. The molecule has 0 aliphatic carbocycles. The first kappa shape index (κ1) is 58.8. The second-order valence-corrected chi connectivity index (χ2v) is 16.8. The third-order valence-corrected chi connectivity index (χ3v) is 10.6. The summed E-state index contributed by atoms with van der Waals surface area (Å²) < 4.78 is 41.9. The van der Waals surface area contributed by atoms with Gasteiger partial charge in [0.2, 0.25) is 0 Å². The third kappa shape index (κ3) is 24.3. The summed E-state index contributed by atoms with van der Waals surface area (Å²) >= 11 is 18.7. The number of carboxylic acids is 1. The Labute approximate surface area is 452 Å². The van der Waals surface area contributed by atoms with Gasteiger partial charge in [-0.3, -0.25) is 42.9 Å². The molecule has 0 fully saturated rings. The molecule has 0 aromatic carbocycles. The molecule has 0 unspecified atom stereocenters. The zero-order valence-corrected chi connectivity index (χ0v) is 48.7. The summed E-state index contributed by atoms with van der Waals surface area (Å²) in [7, 11) is 16.4. The number of carboxylic acid groups (broad SMARTS) is 1.